The van der Waals surface area contributed by atoms with Gasteiger partial charge in [0.25, 0.3) is 5.91 Å². The number of aromatic amines is 1. The van der Waals surface area contributed by atoms with Gasteiger partial charge in [0.1, 0.15) is 17.7 Å². The van der Waals surface area contributed by atoms with Gasteiger partial charge in [-0.1, -0.05) is 74.7 Å². The van der Waals surface area contributed by atoms with Gasteiger partial charge in [0.2, 0.25) is 0 Å². The lowest BCUT2D eigenvalue weighted by Crippen LogP contribution is -2.40. The first-order chi connectivity index (χ1) is 15.7. The highest BCUT2D eigenvalue weighted by Crippen LogP contribution is 2.40. The second-order valence-corrected chi connectivity index (χ2v) is 8.84. The van der Waals surface area contributed by atoms with Crippen LogP contribution >= 0.6 is 0 Å². The summed E-state index contributed by atoms with van der Waals surface area (Å²) < 4.78 is 0. The first-order valence-corrected chi connectivity index (χ1v) is 11.6. The number of rotatable bonds is 7. The monoisotopic (exact) mass is 427 g/mol. The molecular formula is C26H29N5O. The minimum atomic E-state index is -0.473. The molecule has 1 saturated carbocycles. The molecule has 1 aromatic heterocycles. The highest BCUT2D eigenvalue weighted by atomic mass is 16.2. The lowest BCUT2D eigenvalue weighted by atomic mass is 9.97. The number of hydrogen-bond donors (Lipinski definition) is 1. The maximum atomic E-state index is 13.4. The fraction of sp³-hybridized carbons (Fsp3) is 0.385. The van der Waals surface area contributed by atoms with Gasteiger partial charge in [-0.25, -0.2) is 4.98 Å². The van der Waals surface area contributed by atoms with Crippen LogP contribution in [0.15, 0.2) is 59.9 Å². The number of carbonyl (C=O) groups is 1. The van der Waals surface area contributed by atoms with Gasteiger partial charge in [-0.05, 0) is 36.0 Å². The highest BCUT2D eigenvalue weighted by molar-refractivity contribution is 6.08. The van der Waals surface area contributed by atoms with Crippen molar-refractivity contribution in [1.82, 2.24) is 20.1 Å². The van der Waals surface area contributed by atoms with Crippen molar-refractivity contribution < 1.29 is 4.79 Å². The quantitative estimate of drug-likeness (QED) is 0.550. The van der Waals surface area contributed by atoms with Gasteiger partial charge in [0, 0.05) is 12.0 Å². The fourth-order valence-electron chi connectivity index (χ4n) is 4.95. The van der Waals surface area contributed by atoms with Crippen molar-refractivity contribution in [2.75, 3.05) is 0 Å². The Kier molecular flexibility index (Phi) is 5.60. The van der Waals surface area contributed by atoms with Crippen LogP contribution in [0.3, 0.4) is 0 Å². The molecule has 1 N–H and O–H groups in total. The number of H-pyrrole nitrogens is 1. The summed E-state index contributed by atoms with van der Waals surface area (Å²) in [6.07, 6.45) is 8.57. The first-order valence-electron chi connectivity index (χ1n) is 11.6. The van der Waals surface area contributed by atoms with Crippen molar-refractivity contribution in [2.45, 2.75) is 64.0 Å². The van der Waals surface area contributed by atoms with Crippen molar-refractivity contribution in [2.24, 2.45) is 4.99 Å². The summed E-state index contributed by atoms with van der Waals surface area (Å²) in [6.45, 7) is 2.77. The molecule has 164 valence electrons. The van der Waals surface area contributed by atoms with E-state index in [4.69, 9.17) is 4.99 Å². The van der Waals surface area contributed by atoms with Crippen molar-refractivity contribution >= 4 is 11.7 Å². The molecule has 0 unspecified atom stereocenters. The van der Waals surface area contributed by atoms with Gasteiger partial charge in [0.15, 0.2) is 5.82 Å². The average molecular weight is 428 g/mol. The van der Waals surface area contributed by atoms with Crippen LogP contribution in [0.25, 0.3) is 22.5 Å². The predicted octanol–water partition coefficient (Wildman–Crippen LogP) is 5.38. The summed E-state index contributed by atoms with van der Waals surface area (Å²) in [4.78, 5) is 24.6. The van der Waals surface area contributed by atoms with Gasteiger partial charge in [0.05, 0.1) is 6.54 Å². The second-order valence-electron chi connectivity index (χ2n) is 8.84. The van der Waals surface area contributed by atoms with Crippen LogP contribution in [0, 0.1) is 0 Å². The van der Waals surface area contributed by atoms with E-state index in [9.17, 15) is 4.79 Å². The summed E-state index contributed by atoms with van der Waals surface area (Å²) in [5, 5.41) is 6.94. The molecule has 1 amide bonds. The topological polar surface area (TPSA) is 74.2 Å². The van der Waals surface area contributed by atoms with Crippen molar-refractivity contribution in [3.8, 4) is 22.5 Å². The normalized spacial score (nSPS) is 17.3. The van der Waals surface area contributed by atoms with Crippen LogP contribution in [-0.4, -0.2) is 37.4 Å². The Balaban J connectivity index is 1.38. The van der Waals surface area contributed by atoms with E-state index >= 15 is 0 Å². The maximum Gasteiger partial charge on any atom is 0.256 e. The number of nitrogens with zero attached hydrogens (tertiary/aromatic N) is 4. The standard InChI is InChI=1S/C26H29N5O/c1-2-3-10-23-29-26(15-6-7-16-26)25(32)31(23)17-19-11-13-20(14-12-19)21-8-4-5-9-22(21)24-27-18-28-30-24/h4-5,8-9,11-14,18H,2-3,6-7,10,15-17H2,1H3,(H,27,28,30). The zero-order chi connectivity index (χ0) is 22.0. The summed E-state index contributed by atoms with van der Waals surface area (Å²) >= 11 is 0. The molecule has 2 aromatic carbocycles. The van der Waals surface area contributed by atoms with Crippen LogP contribution in [-0.2, 0) is 11.3 Å². The van der Waals surface area contributed by atoms with E-state index in [1.165, 1.54) is 6.33 Å². The van der Waals surface area contributed by atoms with E-state index < -0.39 is 5.54 Å². The fourth-order valence-corrected chi connectivity index (χ4v) is 4.95. The summed E-state index contributed by atoms with van der Waals surface area (Å²) in [5.74, 6) is 1.95. The molecule has 0 saturated heterocycles. The SMILES string of the molecule is CCCCC1=NC2(CCCC2)C(=O)N1Cc1ccc(-c2ccccc2-c2ncn[nH]2)cc1. The van der Waals surface area contributed by atoms with Crippen molar-refractivity contribution in [1.29, 1.82) is 0 Å². The van der Waals surface area contributed by atoms with Gasteiger partial charge in [-0.15, -0.1) is 0 Å². The lowest BCUT2D eigenvalue weighted by Gasteiger charge is -2.23. The molecule has 0 radical (unpaired) electrons. The van der Waals surface area contributed by atoms with E-state index in [0.29, 0.717) is 6.54 Å². The zero-order valence-electron chi connectivity index (χ0n) is 18.6. The molecule has 3 aromatic rings. The molecule has 2 aliphatic rings. The van der Waals surface area contributed by atoms with E-state index in [1.807, 2.05) is 23.1 Å². The molecule has 6 heteroatoms. The van der Waals surface area contributed by atoms with Gasteiger partial charge in [-0.3, -0.25) is 19.8 Å². The smallest absolute Gasteiger partial charge is 0.256 e. The molecule has 1 aliphatic carbocycles. The first kappa shape index (κ1) is 20.6. The molecule has 1 fully saturated rings. The number of unbranched alkanes of at least 4 members (excludes halogenated alkanes) is 1. The minimum absolute atomic E-state index is 0.209. The summed E-state index contributed by atoms with van der Waals surface area (Å²) in [7, 11) is 0. The number of carbonyl (C=O) groups excluding carboxylic acids is 1. The largest absolute Gasteiger partial charge is 0.294 e. The van der Waals surface area contributed by atoms with E-state index in [0.717, 1.165) is 78.9 Å². The molecule has 2 heterocycles. The van der Waals surface area contributed by atoms with Crippen molar-refractivity contribution in [3.63, 3.8) is 0 Å². The second kappa shape index (κ2) is 8.69. The molecule has 1 spiro atoms. The Morgan fingerprint density at radius 1 is 1.03 bits per heavy atom. The third-order valence-corrected chi connectivity index (χ3v) is 6.69. The van der Waals surface area contributed by atoms with Crippen LogP contribution in [0.2, 0.25) is 0 Å². The van der Waals surface area contributed by atoms with E-state index in [2.05, 4.69) is 52.4 Å². The predicted molar refractivity (Wildman–Crippen MR) is 126 cm³/mol. The Labute approximate surface area is 188 Å². The number of nitrogens with one attached hydrogen (secondary N) is 1. The number of aromatic nitrogens is 3. The molecule has 0 bridgehead atoms. The third kappa shape index (κ3) is 3.74. The molecule has 1 aliphatic heterocycles. The zero-order valence-corrected chi connectivity index (χ0v) is 18.6. The summed E-state index contributed by atoms with van der Waals surface area (Å²) in [6, 6.07) is 16.7. The number of aliphatic imine (C=N–C) groups is 1. The van der Waals surface area contributed by atoms with Crippen LogP contribution in [0.5, 0.6) is 0 Å². The molecule has 5 rings (SSSR count). The number of amidine groups is 1. The average Bonchev–Trinajstić information content (AvgIpc) is 3.58. The summed E-state index contributed by atoms with van der Waals surface area (Å²) in [5.41, 5.74) is 3.88. The maximum absolute atomic E-state index is 13.4. The van der Waals surface area contributed by atoms with E-state index in [1.54, 1.807) is 0 Å². The Morgan fingerprint density at radius 3 is 2.47 bits per heavy atom. The lowest BCUT2D eigenvalue weighted by molar-refractivity contribution is -0.131. The third-order valence-electron chi connectivity index (χ3n) is 6.69. The number of hydrogen-bond acceptors (Lipinski definition) is 4. The Morgan fingerprint density at radius 2 is 1.78 bits per heavy atom. The number of benzene rings is 2. The van der Waals surface area contributed by atoms with Crippen LogP contribution in [0.1, 0.15) is 57.4 Å². The van der Waals surface area contributed by atoms with Gasteiger partial charge < -0.3 is 0 Å². The van der Waals surface area contributed by atoms with Gasteiger partial charge in [-0.2, -0.15) is 5.10 Å². The highest BCUT2D eigenvalue weighted by Gasteiger charge is 2.49. The molecule has 0 atom stereocenters. The Hall–Kier alpha value is -3.28. The van der Waals surface area contributed by atoms with E-state index in [-0.39, 0.29) is 5.91 Å². The van der Waals surface area contributed by atoms with Crippen LogP contribution < -0.4 is 0 Å². The minimum Gasteiger partial charge on any atom is -0.294 e. The Bertz CT molecular complexity index is 1110. The molecular weight excluding hydrogens is 398 g/mol. The molecule has 6 nitrogen and oxygen atoms in total. The van der Waals surface area contributed by atoms with Crippen molar-refractivity contribution in [3.05, 3.63) is 60.4 Å². The number of amides is 1. The van der Waals surface area contributed by atoms with Crippen LogP contribution in [0.4, 0.5) is 0 Å². The molecule has 32 heavy (non-hydrogen) atoms. The van der Waals surface area contributed by atoms with Gasteiger partial charge >= 0.3 is 0 Å².